The van der Waals surface area contributed by atoms with E-state index in [0.717, 1.165) is 31.7 Å². The molecule has 1 aliphatic rings. The lowest BCUT2D eigenvalue weighted by atomic mass is 10.0. The van der Waals surface area contributed by atoms with Crippen molar-refractivity contribution in [3.63, 3.8) is 0 Å². The van der Waals surface area contributed by atoms with E-state index in [1.807, 2.05) is 12.1 Å². The number of anilines is 1. The molecule has 0 saturated carbocycles. The molecule has 0 radical (unpaired) electrons. The Morgan fingerprint density at radius 2 is 1.58 bits per heavy atom. The highest BCUT2D eigenvalue weighted by Crippen LogP contribution is 2.21. The molecule has 19 heavy (non-hydrogen) atoms. The molecule has 3 nitrogen and oxygen atoms in total. The molecule has 104 valence electrons. The molecule has 2 rings (SSSR count). The molecular formula is C15H23N3S. The van der Waals surface area contributed by atoms with E-state index >= 15 is 0 Å². The Hall–Kier alpha value is -1.13. The average Bonchev–Trinajstić information content (AvgIpc) is 2.38. The second-order valence-electron chi connectivity index (χ2n) is 6.06. The molecule has 4 heteroatoms. The van der Waals surface area contributed by atoms with Crippen molar-refractivity contribution in [1.82, 2.24) is 4.90 Å². The van der Waals surface area contributed by atoms with Crippen molar-refractivity contribution in [3.05, 3.63) is 29.8 Å². The van der Waals surface area contributed by atoms with Crippen LogP contribution in [0.1, 0.15) is 26.3 Å². The van der Waals surface area contributed by atoms with Gasteiger partial charge in [-0.2, -0.15) is 0 Å². The summed E-state index contributed by atoms with van der Waals surface area (Å²) >= 11 is 4.98. The molecule has 0 amide bonds. The summed E-state index contributed by atoms with van der Waals surface area (Å²) in [7, 11) is 0. The van der Waals surface area contributed by atoms with Crippen LogP contribution in [0.15, 0.2) is 24.3 Å². The van der Waals surface area contributed by atoms with Crippen LogP contribution < -0.4 is 10.6 Å². The van der Waals surface area contributed by atoms with Crippen LogP contribution in [0.5, 0.6) is 0 Å². The maximum Gasteiger partial charge on any atom is 0.103 e. The highest BCUT2D eigenvalue weighted by molar-refractivity contribution is 7.80. The molecule has 0 atom stereocenters. The van der Waals surface area contributed by atoms with E-state index in [0.29, 0.717) is 4.99 Å². The van der Waals surface area contributed by atoms with Gasteiger partial charge in [0.05, 0.1) is 0 Å². The molecule has 1 saturated heterocycles. The lowest BCUT2D eigenvalue weighted by molar-refractivity contribution is 0.128. The summed E-state index contributed by atoms with van der Waals surface area (Å²) in [5.41, 5.74) is 8.08. The van der Waals surface area contributed by atoms with E-state index in [4.69, 9.17) is 18.0 Å². The minimum absolute atomic E-state index is 0.266. The molecule has 0 spiro atoms. The molecule has 0 unspecified atom stereocenters. The standard InChI is InChI=1S/C15H23N3S/c1-15(2,3)18-10-8-17(9-11-18)13-6-4-12(5-7-13)14(16)19/h4-7H,8-11H2,1-3H3,(H2,16,19). The zero-order valence-corrected chi connectivity index (χ0v) is 12.8. The number of piperazine rings is 1. The SMILES string of the molecule is CC(C)(C)N1CCN(c2ccc(C(N)=S)cc2)CC1. The topological polar surface area (TPSA) is 32.5 Å². The highest BCUT2D eigenvalue weighted by atomic mass is 32.1. The first kappa shape index (κ1) is 14.3. The number of benzene rings is 1. The van der Waals surface area contributed by atoms with Gasteiger partial charge in [-0.05, 0) is 45.0 Å². The van der Waals surface area contributed by atoms with Gasteiger partial charge in [0.1, 0.15) is 4.99 Å². The maximum atomic E-state index is 5.62. The number of rotatable bonds is 2. The first-order valence-corrected chi connectivity index (χ1v) is 7.18. The van der Waals surface area contributed by atoms with E-state index in [9.17, 15) is 0 Å². The molecule has 2 N–H and O–H groups in total. The largest absolute Gasteiger partial charge is 0.389 e. The molecule has 1 heterocycles. The highest BCUT2D eigenvalue weighted by Gasteiger charge is 2.25. The second-order valence-corrected chi connectivity index (χ2v) is 6.50. The minimum Gasteiger partial charge on any atom is -0.389 e. The van der Waals surface area contributed by atoms with Crippen LogP contribution in [-0.2, 0) is 0 Å². The predicted octanol–water partition coefficient (Wildman–Crippen LogP) is 2.24. The predicted molar refractivity (Wildman–Crippen MR) is 85.9 cm³/mol. The van der Waals surface area contributed by atoms with Crippen LogP contribution >= 0.6 is 12.2 Å². The Morgan fingerprint density at radius 1 is 1.05 bits per heavy atom. The van der Waals surface area contributed by atoms with E-state index in [1.165, 1.54) is 5.69 Å². The fourth-order valence-corrected chi connectivity index (χ4v) is 2.61. The smallest absolute Gasteiger partial charge is 0.103 e. The normalized spacial score (nSPS) is 17.5. The van der Waals surface area contributed by atoms with E-state index in [-0.39, 0.29) is 5.54 Å². The quantitative estimate of drug-likeness (QED) is 0.840. The van der Waals surface area contributed by atoms with Crippen molar-refractivity contribution in [3.8, 4) is 0 Å². The van der Waals surface area contributed by atoms with Crippen molar-refractivity contribution in [2.24, 2.45) is 5.73 Å². The summed E-state index contributed by atoms with van der Waals surface area (Å²) in [6.07, 6.45) is 0. The monoisotopic (exact) mass is 277 g/mol. The van der Waals surface area contributed by atoms with Gasteiger partial charge in [0, 0.05) is 43.0 Å². The fraction of sp³-hybridized carbons (Fsp3) is 0.533. The molecule has 1 aliphatic heterocycles. The van der Waals surface area contributed by atoms with E-state index < -0.39 is 0 Å². The maximum absolute atomic E-state index is 5.62. The van der Waals surface area contributed by atoms with Crippen LogP contribution in [0, 0.1) is 0 Å². The zero-order chi connectivity index (χ0) is 14.0. The molecule has 1 aromatic rings. The van der Waals surface area contributed by atoms with Gasteiger partial charge in [0.15, 0.2) is 0 Å². The molecular weight excluding hydrogens is 254 g/mol. The Morgan fingerprint density at radius 3 is 2.00 bits per heavy atom. The summed E-state index contributed by atoms with van der Waals surface area (Å²) in [5.74, 6) is 0. The first-order chi connectivity index (χ1) is 8.88. The molecule has 0 aromatic heterocycles. The summed E-state index contributed by atoms with van der Waals surface area (Å²) < 4.78 is 0. The Labute approximate surface area is 121 Å². The number of hydrogen-bond donors (Lipinski definition) is 1. The van der Waals surface area contributed by atoms with Gasteiger partial charge >= 0.3 is 0 Å². The molecule has 1 fully saturated rings. The van der Waals surface area contributed by atoms with Crippen LogP contribution in [0.4, 0.5) is 5.69 Å². The van der Waals surface area contributed by atoms with E-state index in [1.54, 1.807) is 0 Å². The summed E-state index contributed by atoms with van der Waals surface area (Å²) in [6.45, 7) is 11.2. The second kappa shape index (κ2) is 5.47. The lowest BCUT2D eigenvalue weighted by Crippen LogP contribution is -2.53. The van der Waals surface area contributed by atoms with Crippen molar-refractivity contribution in [1.29, 1.82) is 0 Å². The molecule has 0 bridgehead atoms. The average molecular weight is 277 g/mol. The number of thiocarbonyl (C=S) groups is 1. The lowest BCUT2D eigenvalue weighted by Gasteiger charge is -2.43. The van der Waals surface area contributed by atoms with Gasteiger partial charge in [0.2, 0.25) is 0 Å². The molecule has 1 aromatic carbocycles. The van der Waals surface area contributed by atoms with Gasteiger partial charge in [-0.3, -0.25) is 4.90 Å². The van der Waals surface area contributed by atoms with Gasteiger partial charge in [-0.25, -0.2) is 0 Å². The Bertz CT molecular complexity index is 439. The summed E-state index contributed by atoms with van der Waals surface area (Å²) in [5, 5.41) is 0. The van der Waals surface area contributed by atoms with Crippen molar-refractivity contribution >= 4 is 22.9 Å². The van der Waals surface area contributed by atoms with Crippen molar-refractivity contribution < 1.29 is 0 Å². The van der Waals surface area contributed by atoms with Crippen molar-refractivity contribution in [2.45, 2.75) is 26.3 Å². The van der Waals surface area contributed by atoms with Crippen molar-refractivity contribution in [2.75, 3.05) is 31.1 Å². The van der Waals surface area contributed by atoms with Gasteiger partial charge in [-0.1, -0.05) is 12.2 Å². The zero-order valence-electron chi connectivity index (χ0n) is 12.0. The third kappa shape index (κ3) is 3.45. The van der Waals surface area contributed by atoms with Gasteiger partial charge in [0.25, 0.3) is 0 Å². The van der Waals surface area contributed by atoms with E-state index in [2.05, 4.69) is 42.7 Å². The summed E-state index contributed by atoms with van der Waals surface area (Å²) in [6, 6.07) is 8.24. The summed E-state index contributed by atoms with van der Waals surface area (Å²) in [4.78, 5) is 5.42. The van der Waals surface area contributed by atoms with Gasteiger partial charge in [-0.15, -0.1) is 0 Å². The first-order valence-electron chi connectivity index (χ1n) is 6.78. The molecule has 0 aliphatic carbocycles. The Balaban J connectivity index is 2.00. The number of hydrogen-bond acceptors (Lipinski definition) is 3. The minimum atomic E-state index is 0.266. The van der Waals surface area contributed by atoms with Crippen LogP contribution in [0.2, 0.25) is 0 Å². The van der Waals surface area contributed by atoms with Crippen LogP contribution in [-0.4, -0.2) is 41.6 Å². The number of nitrogens with zero attached hydrogens (tertiary/aromatic N) is 2. The fourth-order valence-electron chi connectivity index (χ4n) is 2.47. The number of nitrogens with two attached hydrogens (primary N) is 1. The third-order valence-electron chi connectivity index (χ3n) is 3.75. The third-order valence-corrected chi connectivity index (χ3v) is 3.98. The Kier molecular flexibility index (Phi) is 4.11. The van der Waals surface area contributed by atoms with Crippen LogP contribution in [0.3, 0.4) is 0 Å². The van der Waals surface area contributed by atoms with Crippen LogP contribution in [0.25, 0.3) is 0 Å². The van der Waals surface area contributed by atoms with Gasteiger partial charge < -0.3 is 10.6 Å².